The van der Waals surface area contributed by atoms with Gasteiger partial charge in [0, 0.05) is 17.9 Å². The van der Waals surface area contributed by atoms with E-state index in [4.69, 9.17) is 4.74 Å². The number of rotatable bonds is 7. The minimum atomic E-state index is -3.59. The first-order chi connectivity index (χ1) is 18.8. The zero-order chi connectivity index (χ0) is 28.8. The molecule has 2 aromatic carbocycles. The van der Waals surface area contributed by atoms with Gasteiger partial charge in [-0.25, -0.2) is 18.1 Å². The van der Waals surface area contributed by atoms with Gasteiger partial charge < -0.3 is 14.6 Å². The quantitative estimate of drug-likeness (QED) is 0.327. The van der Waals surface area contributed by atoms with Gasteiger partial charge in [0.15, 0.2) is 10.9 Å². The van der Waals surface area contributed by atoms with E-state index >= 15 is 0 Å². The van der Waals surface area contributed by atoms with Crippen LogP contribution in [0.3, 0.4) is 0 Å². The molecule has 0 saturated carbocycles. The monoisotopic (exact) mass is 581 g/mol. The Morgan fingerprint density at radius 2 is 1.90 bits per heavy atom. The van der Waals surface area contributed by atoms with Crippen molar-refractivity contribution in [2.45, 2.75) is 44.8 Å². The van der Waals surface area contributed by atoms with Crippen LogP contribution in [0, 0.1) is 6.92 Å². The molecule has 0 atom stereocenters. The number of imidazole rings is 1. The van der Waals surface area contributed by atoms with Crippen molar-refractivity contribution in [1.29, 1.82) is 0 Å². The van der Waals surface area contributed by atoms with Crippen molar-refractivity contribution >= 4 is 39.1 Å². The van der Waals surface area contributed by atoms with Crippen molar-refractivity contribution in [1.82, 2.24) is 24.5 Å². The number of nitrogens with zero attached hydrogens (tertiary/aromatic N) is 5. The van der Waals surface area contributed by atoms with Gasteiger partial charge in [0.05, 0.1) is 48.5 Å². The predicted octanol–water partition coefficient (Wildman–Crippen LogP) is 4.47. The van der Waals surface area contributed by atoms with Gasteiger partial charge in [0.1, 0.15) is 5.69 Å². The van der Waals surface area contributed by atoms with Crippen LogP contribution in [-0.4, -0.2) is 58.0 Å². The molecule has 3 heterocycles. The number of carbonyl (C=O) groups is 1. The molecule has 1 amide bonds. The van der Waals surface area contributed by atoms with Gasteiger partial charge in [-0.3, -0.25) is 9.52 Å². The molecule has 0 radical (unpaired) electrons. The zero-order valence-corrected chi connectivity index (χ0v) is 24.8. The topological polar surface area (TPSA) is 133 Å². The molecule has 0 unspecified atom stereocenters. The maximum Gasteiger partial charge on any atom is 0.255 e. The lowest BCUT2D eigenvalue weighted by Gasteiger charge is -2.24. The highest BCUT2D eigenvalue weighted by Gasteiger charge is 2.23. The minimum absolute atomic E-state index is 0.214. The van der Waals surface area contributed by atoms with Crippen molar-refractivity contribution < 1.29 is 17.9 Å². The van der Waals surface area contributed by atoms with Gasteiger partial charge in [-0.15, -0.1) is 5.10 Å². The molecule has 1 aliphatic rings. The second kappa shape index (κ2) is 10.3. The largest absolute Gasteiger partial charge is 0.492 e. The fourth-order valence-electron chi connectivity index (χ4n) is 4.46. The molecule has 0 saturated heterocycles. The zero-order valence-electron chi connectivity index (χ0n) is 23.1. The van der Waals surface area contributed by atoms with Crippen LogP contribution in [0.1, 0.15) is 42.3 Å². The number of benzene rings is 2. The molecule has 2 N–H and O–H groups in total. The molecule has 11 nitrogen and oxygen atoms in total. The van der Waals surface area contributed by atoms with E-state index in [1.54, 1.807) is 46.9 Å². The molecule has 0 bridgehead atoms. The summed E-state index contributed by atoms with van der Waals surface area (Å²) in [6, 6.07) is 8.83. The highest BCUT2D eigenvalue weighted by molar-refractivity contribution is 7.99. The lowest BCUT2D eigenvalue weighted by Crippen LogP contribution is -2.18. The normalized spacial score (nSPS) is 13.2. The smallest absolute Gasteiger partial charge is 0.255 e. The Balaban J connectivity index is 1.48. The van der Waals surface area contributed by atoms with Crippen molar-refractivity contribution in [3.05, 3.63) is 59.4 Å². The molecule has 0 spiro atoms. The van der Waals surface area contributed by atoms with E-state index in [1.165, 1.54) is 7.11 Å². The van der Waals surface area contributed by atoms with Crippen LogP contribution in [0.15, 0.2) is 47.9 Å². The second-order valence-electron chi connectivity index (χ2n) is 10.7. The predicted molar refractivity (Wildman–Crippen MR) is 156 cm³/mol. The number of thioether (sulfide) groups is 1. The second-order valence-corrected chi connectivity index (χ2v) is 13.5. The van der Waals surface area contributed by atoms with E-state index in [0.29, 0.717) is 22.6 Å². The number of amides is 1. The molecule has 4 aromatic rings. The Labute approximate surface area is 237 Å². The summed E-state index contributed by atoms with van der Waals surface area (Å²) in [6.07, 6.45) is 4.70. The number of hydrogen-bond acceptors (Lipinski definition) is 8. The fraction of sp³-hybridized carbons (Fsp3) is 0.333. The molecule has 1 aliphatic heterocycles. The van der Waals surface area contributed by atoms with E-state index in [9.17, 15) is 13.2 Å². The Bertz CT molecular complexity index is 1720. The molecule has 2 aromatic heterocycles. The van der Waals surface area contributed by atoms with Crippen molar-refractivity contribution in [3.63, 3.8) is 0 Å². The highest BCUT2D eigenvalue weighted by Crippen LogP contribution is 2.39. The Kier molecular flexibility index (Phi) is 7.13. The number of ether oxygens (including phenoxy) is 1. The summed E-state index contributed by atoms with van der Waals surface area (Å²) in [6.45, 7) is 8.81. The maximum absolute atomic E-state index is 13.5. The summed E-state index contributed by atoms with van der Waals surface area (Å²) in [5.74, 6) is 0.809. The average Bonchev–Trinajstić information content (AvgIpc) is 3.60. The lowest BCUT2D eigenvalue weighted by molar-refractivity contribution is 0.102. The van der Waals surface area contributed by atoms with E-state index in [-0.39, 0.29) is 22.8 Å². The Hall–Kier alpha value is -3.84. The number of hydrogen-bond donors (Lipinski definition) is 2. The average molecular weight is 582 g/mol. The van der Waals surface area contributed by atoms with Crippen molar-refractivity contribution in [3.8, 4) is 22.8 Å². The molecular formula is C27H31N7O4S2. The third-order valence-corrected chi connectivity index (χ3v) is 8.10. The van der Waals surface area contributed by atoms with Gasteiger partial charge in [0.25, 0.3) is 5.91 Å². The molecule has 0 fully saturated rings. The van der Waals surface area contributed by atoms with Crippen LogP contribution in [0.5, 0.6) is 5.75 Å². The number of fused-ring (bicyclic) bond motifs is 1. The molecule has 13 heteroatoms. The van der Waals surface area contributed by atoms with E-state index < -0.39 is 10.0 Å². The van der Waals surface area contributed by atoms with Crippen LogP contribution >= 0.6 is 11.8 Å². The van der Waals surface area contributed by atoms with E-state index in [0.717, 1.165) is 40.5 Å². The summed E-state index contributed by atoms with van der Waals surface area (Å²) < 4.78 is 35.9. The van der Waals surface area contributed by atoms with Gasteiger partial charge in [-0.1, -0.05) is 43.8 Å². The number of aromatic nitrogens is 5. The molecule has 210 valence electrons. The van der Waals surface area contributed by atoms with Crippen LogP contribution in [0.2, 0.25) is 0 Å². The fourth-order valence-corrected chi connectivity index (χ4v) is 5.94. The first kappa shape index (κ1) is 27.7. The summed E-state index contributed by atoms with van der Waals surface area (Å²) in [5.41, 5.74) is 4.70. The number of anilines is 2. The third kappa shape index (κ3) is 5.56. The number of methoxy groups -OCH3 is 1. The number of sulfonamides is 1. The first-order valence-corrected chi connectivity index (χ1v) is 15.5. The number of aryl methyl sites for hydroxylation is 1. The van der Waals surface area contributed by atoms with Gasteiger partial charge in [0.2, 0.25) is 10.0 Å². The minimum Gasteiger partial charge on any atom is -0.492 e. The molecular weight excluding hydrogens is 550 g/mol. The van der Waals surface area contributed by atoms with Crippen LogP contribution < -0.4 is 14.8 Å². The highest BCUT2D eigenvalue weighted by atomic mass is 32.2. The number of carbonyl (C=O) groups excluding carboxylic acids is 1. The van der Waals surface area contributed by atoms with Crippen LogP contribution in [-0.2, 0) is 22.0 Å². The van der Waals surface area contributed by atoms with Crippen molar-refractivity contribution in [2.75, 3.05) is 29.2 Å². The summed E-state index contributed by atoms with van der Waals surface area (Å²) in [5, 5.41) is 12.6. The third-order valence-electron chi connectivity index (χ3n) is 6.54. The standard InChI is InChI=1S/C27H31N7O4S2/c1-16-7-8-17(11-22(16)34-15-21(30-32-34)23-14-28-26-33(23)9-10-39-26)25(35)29-19-12-18(27(2,3)4)13-20(24(19)38-5)31-40(6,36)37/h7-8,11-15,31H,9-10H2,1-6H3,(H,29,35). The first-order valence-electron chi connectivity index (χ1n) is 12.6. The molecule has 5 rings (SSSR count). The van der Waals surface area contributed by atoms with Gasteiger partial charge in [-0.2, -0.15) is 0 Å². The summed E-state index contributed by atoms with van der Waals surface area (Å²) >= 11 is 1.71. The SMILES string of the molecule is COc1c(NC(=O)c2ccc(C)c(-n3cc(-c4cnc5n4CCS5)nn3)c2)cc(C(C)(C)C)cc1NS(C)(=O)=O. The lowest BCUT2D eigenvalue weighted by atomic mass is 9.86. The Morgan fingerprint density at radius 1 is 1.15 bits per heavy atom. The molecule has 40 heavy (non-hydrogen) atoms. The summed E-state index contributed by atoms with van der Waals surface area (Å²) in [7, 11) is -2.17. The van der Waals surface area contributed by atoms with Gasteiger partial charge >= 0.3 is 0 Å². The number of nitrogens with one attached hydrogen (secondary N) is 2. The van der Waals surface area contributed by atoms with E-state index in [2.05, 4.69) is 29.9 Å². The Morgan fingerprint density at radius 3 is 2.60 bits per heavy atom. The van der Waals surface area contributed by atoms with E-state index in [1.807, 2.05) is 40.0 Å². The molecule has 0 aliphatic carbocycles. The van der Waals surface area contributed by atoms with Crippen LogP contribution in [0.4, 0.5) is 11.4 Å². The van der Waals surface area contributed by atoms with Gasteiger partial charge in [-0.05, 0) is 47.7 Å². The van der Waals surface area contributed by atoms with Crippen LogP contribution in [0.25, 0.3) is 17.1 Å². The maximum atomic E-state index is 13.5. The summed E-state index contributed by atoms with van der Waals surface area (Å²) in [4.78, 5) is 17.9. The van der Waals surface area contributed by atoms with Crippen molar-refractivity contribution in [2.24, 2.45) is 0 Å².